The molecule has 0 aliphatic carbocycles. The summed E-state index contributed by atoms with van der Waals surface area (Å²) in [7, 11) is 0. The molecule has 5 heteroatoms. The number of benzene rings is 1. The average Bonchev–Trinajstić information content (AvgIpc) is 2.35. The Balaban J connectivity index is 3.01. The number of hydrogen-bond donors (Lipinski definition) is 0. The molecule has 0 spiro atoms. The number of halogens is 2. The third-order valence-corrected chi connectivity index (χ3v) is 1.93. The fraction of sp³-hybridized carbons (Fsp3) is 0.0769. The molecule has 1 aromatic carbocycles. The van der Waals surface area contributed by atoms with E-state index in [1.807, 2.05) is 0 Å². The Morgan fingerprint density at radius 2 is 2.22 bits per heavy atom. The molecule has 92 valence electrons. The van der Waals surface area contributed by atoms with Crippen LogP contribution in [0.2, 0.25) is 0 Å². The summed E-state index contributed by atoms with van der Waals surface area (Å²) >= 11 is 0. The molecule has 0 aromatic heterocycles. The third-order valence-electron chi connectivity index (χ3n) is 1.93. The second-order valence-corrected chi connectivity index (χ2v) is 3.22. The van der Waals surface area contributed by atoms with Crippen LogP contribution in [0.15, 0.2) is 36.4 Å². The lowest BCUT2D eigenvalue weighted by Gasteiger charge is -2.01. The molecule has 0 heterocycles. The molecule has 0 radical (unpaired) electrons. The lowest BCUT2D eigenvalue weighted by atomic mass is 10.1. The third kappa shape index (κ3) is 3.52. The van der Waals surface area contributed by atoms with Gasteiger partial charge in [-0.25, -0.2) is 13.6 Å². The van der Waals surface area contributed by atoms with Gasteiger partial charge in [-0.2, -0.15) is 5.26 Å². The molecule has 0 saturated carbocycles. The molecule has 0 aliphatic heterocycles. The zero-order chi connectivity index (χ0) is 13.5. The molecular weight excluding hydrogens is 240 g/mol. The van der Waals surface area contributed by atoms with Crippen LogP contribution >= 0.6 is 0 Å². The van der Waals surface area contributed by atoms with E-state index < -0.39 is 17.6 Å². The van der Waals surface area contributed by atoms with E-state index in [0.29, 0.717) is 6.07 Å². The normalized spacial score (nSPS) is 10.6. The van der Waals surface area contributed by atoms with E-state index >= 15 is 0 Å². The van der Waals surface area contributed by atoms with Gasteiger partial charge in [-0.05, 0) is 18.2 Å². The van der Waals surface area contributed by atoms with Crippen LogP contribution in [0, 0.1) is 23.0 Å². The Bertz CT molecular complexity index is 544. The van der Waals surface area contributed by atoms with Gasteiger partial charge in [-0.3, -0.25) is 0 Å². The van der Waals surface area contributed by atoms with Crippen LogP contribution in [0.1, 0.15) is 5.56 Å². The predicted molar refractivity (Wildman–Crippen MR) is 61.1 cm³/mol. The van der Waals surface area contributed by atoms with Gasteiger partial charge in [0.05, 0.1) is 0 Å². The monoisotopic (exact) mass is 249 g/mol. The molecule has 0 saturated heterocycles. The van der Waals surface area contributed by atoms with Gasteiger partial charge in [0.1, 0.15) is 29.9 Å². The van der Waals surface area contributed by atoms with Crippen LogP contribution in [0.3, 0.4) is 0 Å². The maximum atomic E-state index is 13.3. The molecule has 0 aliphatic rings. The second kappa shape index (κ2) is 6.30. The lowest BCUT2D eigenvalue weighted by Crippen LogP contribution is -2.06. The largest absolute Gasteiger partial charge is 0.457 e. The smallest absolute Gasteiger partial charge is 0.349 e. The molecule has 0 bridgehead atoms. The Hall–Kier alpha value is -2.48. The van der Waals surface area contributed by atoms with Crippen molar-refractivity contribution in [2.24, 2.45) is 0 Å². The van der Waals surface area contributed by atoms with Gasteiger partial charge in [0, 0.05) is 11.6 Å². The van der Waals surface area contributed by atoms with Crippen molar-refractivity contribution in [3.05, 3.63) is 53.6 Å². The number of nitrogens with zero attached hydrogens (tertiary/aromatic N) is 1. The first kappa shape index (κ1) is 13.6. The summed E-state index contributed by atoms with van der Waals surface area (Å²) in [5, 5.41) is 8.76. The number of carbonyl (C=O) groups is 1. The van der Waals surface area contributed by atoms with Crippen LogP contribution in [0.25, 0.3) is 6.08 Å². The minimum Gasteiger partial charge on any atom is -0.457 e. The van der Waals surface area contributed by atoms with Crippen LogP contribution in [0.5, 0.6) is 0 Å². The van der Waals surface area contributed by atoms with Crippen molar-refractivity contribution in [2.45, 2.75) is 0 Å². The molecule has 0 unspecified atom stereocenters. The maximum Gasteiger partial charge on any atom is 0.349 e. The molecule has 0 fully saturated rings. The first-order valence-corrected chi connectivity index (χ1v) is 4.93. The summed E-state index contributed by atoms with van der Waals surface area (Å²) in [4.78, 5) is 11.4. The topological polar surface area (TPSA) is 50.1 Å². The summed E-state index contributed by atoms with van der Waals surface area (Å²) in [6, 6.07) is 4.41. The van der Waals surface area contributed by atoms with Crippen molar-refractivity contribution in [3.8, 4) is 6.07 Å². The van der Waals surface area contributed by atoms with Gasteiger partial charge in [0.25, 0.3) is 0 Å². The number of rotatable bonds is 4. The number of ether oxygens (including phenoxy) is 1. The van der Waals surface area contributed by atoms with Crippen molar-refractivity contribution < 1.29 is 18.3 Å². The molecule has 1 rings (SSSR count). The summed E-state index contributed by atoms with van der Waals surface area (Å²) in [6.07, 6.45) is 2.34. The Morgan fingerprint density at radius 1 is 1.50 bits per heavy atom. The molecule has 0 atom stereocenters. The van der Waals surface area contributed by atoms with Crippen molar-refractivity contribution in [1.29, 1.82) is 5.26 Å². The molecule has 3 nitrogen and oxygen atoms in total. The van der Waals surface area contributed by atoms with Crippen LogP contribution < -0.4 is 0 Å². The van der Waals surface area contributed by atoms with Crippen molar-refractivity contribution in [2.75, 3.05) is 6.61 Å². The van der Waals surface area contributed by atoms with Crippen molar-refractivity contribution in [1.82, 2.24) is 0 Å². The standard InChI is InChI=1S/C13H9F2NO2/c1-2-5-18-13(17)10(8-16)6-9-3-4-11(14)7-12(9)15/h2-4,6-7H,1,5H2/b10-6-. The highest BCUT2D eigenvalue weighted by atomic mass is 19.1. The highest BCUT2D eigenvalue weighted by Crippen LogP contribution is 2.14. The zero-order valence-corrected chi connectivity index (χ0v) is 9.32. The van der Waals surface area contributed by atoms with E-state index in [1.54, 1.807) is 6.07 Å². The lowest BCUT2D eigenvalue weighted by molar-refractivity contribution is -0.137. The summed E-state index contributed by atoms with van der Waals surface area (Å²) in [6.45, 7) is 3.29. The Morgan fingerprint density at radius 3 is 2.78 bits per heavy atom. The van der Waals surface area contributed by atoms with Crippen LogP contribution in [-0.4, -0.2) is 12.6 Å². The van der Waals surface area contributed by atoms with Gasteiger partial charge in [0.2, 0.25) is 0 Å². The Kier molecular flexibility index (Phi) is 4.76. The van der Waals surface area contributed by atoms with E-state index in [9.17, 15) is 13.6 Å². The molecule has 0 N–H and O–H groups in total. The van der Waals surface area contributed by atoms with Crippen molar-refractivity contribution >= 4 is 12.0 Å². The van der Waals surface area contributed by atoms with Gasteiger partial charge in [-0.1, -0.05) is 12.7 Å². The number of hydrogen-bond acceptors (Lipinski definition) is 3. The van der Waals surface area contributed by atoms with Crippen LogP contribution in [0.4, 0.5) is 8.78 Å². The van der Waals surface area contributed by atoms with Crippen LogP contribution in [-0.2, 0) is 9.53 Å². The zero-order valence-electron chi connectivity index (χ0n) is 9.32. The highest BCUT2D eigenvalue weighted by Gasteiger charge is 2.11. The quantitative estimate of drug-likeness (QED) is 0.356. The van der Waals surface area contributed by atoms with E-state index in [-0.39, 0.29) is 17.7 Å². The van der Waals surface area contributed by atoms with E-state index in [1.165, 1.54) is 6.08 Å². The van der Waals surface area contributed by atoms with Crippen molar-refractivity contribution in [3.63, 3.8) is 0 Å². The van der Waals surface area contributed by atoms with Gasteiger partial charge >= 0.3 is 5.97 Å². The molecule has 0 amide bonds. The number of esters is 1. The van der Waals surface area contributed by atoms with E-state index in [2.05, 4.69) is 11.3 Å². The molecule has 1 aromatic rings. The number of nitriles is 1. The minimum absolute atomic E-state index is 0.0518. The Labute approximate surface area is 103 Å². The first-order chi connectivity index (χ1) is 8.58. The first-order valence-electron chi connectivity index (χ1n) is 4.93. The van der Waals surface area contributed by atoms with E-state index in [4.69, 9.17) is 5.26 Å². The second-order valence-electron chi connectivity index (χ2n) is 3.22. The fourth-order valence-corrected chi connectivity index (χ4v) is 1.12. The van der Waals surface area contributed by atoms with Gasteiger partial charge < -0.3 is 4.74 Å². The minimum atomic E-state index is -0.888. The highest BCUT2D eigenvalue weighted by molar-refractivity contribution is 5.97. The van der Waals surface area contributed by atoms with Gasteiger partial charge in [0.15, 0.2) is 0 Å². The fourth-order valence-electron chi connectivity index (χ4n) is 1.12. The predicted octanol–water partition coefficient (Wildman–Crippen LogP) is 2.60. The summed E-state index contributed by atoms with van der Waals surface area (Å²) in [5.74, 6) is -2.49. The van der Waals surface area contributed by atoms with E-state index in [0.717, 1.165) is 18.2 Å². The average molecular weight is 249 g/mol. The summed E-state index contributed by atoms with van der Waals surface area (Å²) in [5.41, 5.74) is -0.439. The number of carbonyl (C=O) groups excluding carboxylic acids is 1. The SMILES string of the molecule is C=CCOC(=O)/C(C#N)=C\c1ccc(F)cc1F. The van der Waals surface area contributed by atoms with Gasteiger partial charge in [-0.15, -0.1) is 0 Å². The molecule has 18 heavy (non-hydrogen) atoms. The summed E-state index contributed by atoms with van der Waals surface area (Å²) < 4.78 is 30.6. The maximum absolute atomic E-state index is 13.3. The molecular formula is C13H9F2NO2.